The molecule has 0 bridgehead atoms. The molecule has 3 rings (SSSR count). The molecule has 0 fully saturated rings. The smallest absolute Gasteiger partial charge is 0.288 e. The lowest BCUT2D eigenvalue weighted by atomic mass is 10.2. The Balaban J connectivity index is 1.83. The third-order valence-corrected chi connectivity index (χ3v) is 6.87. The van der Waals surface area contributed by atoms with E-state index in [9.17, 15) is 22.0 Å². The standard InChI is InChI=1S/C23H20F2N2O3S2/c1-2-15-27(19-8-4-3-5-9-19)32(29,30)21-10-6-7-17(16-21)22(28)26-18-11-13-20(14-12-18)31-23(24)25/h2-14,16,23H,1,15H2,(H,26,28). The van der Waals surface area contributed by atoms with E-state index >= 15 is 0 Å². The summed E-state index contributed by atoms with van der Waals surface area (Å²) in [4.78, 5) is 13.0. The van der Waals surface area contributed by atoms with Crippen LogP contribution in [0.2, 0.25) is 0 Å². The van der Waals surface area contributed by atoms with Crippen molar-refractivity contribution in [2.24, 2.45) is 0 Å². The third-order valence-electron chi connectivity index (χ3n) is 4.36. The molecule has 0 saturated heterocycles. The van der Waals surface area contributed by atoms with Crippen LogP contribution < -0.4 is 9.62 Å². The van der Waals surface area contributed by atoms with Gasteiger partial charge in [-0.05, 0) is 54.6 Å². The van der Waals surface area contributed by atoms with Crippen LogP contribution in [0.15, 0.2) is 101 Å². The lowest BCUT2D eigenvalue weighted by Gasteiger charge is -2.23. The second-order valence-electron chi connectivity index (χ2n) is 6.55. The predicted molar refractivity (Wildman–Crippen MR) is 124 cm³/mol. The van der Waals surface area contributed by atoms with Gasteiger partial charge in [0.25, 0.3) is 21.7 Å². The first-order chi connectivity index (χ1) is 15.3. The number of hydrogen-bond acceptors (Lipinski definition) is 4. The molecule has 166 valence electrons. The Morgan fingerprint density at radius 3 is 2.34 bits per heavy atom. The first kappa shape index (κ1) is 23.5. The summed E-state index contributed by atoms with van der Waals surface area (Å²) < 4.78 is 52.6. The van der Waals surface area contributed by atoms with E-state index in [0.29, 0.717) is 28.0 Å². The van der Waals surface area contributed by atoms with Crippen molar-refractivity contribution in [1.29, 1.82) is 0 Å². The molecule has 0 aliphatic rings. The molecule has 0 aliphatic carbocycles. The molecule has 9 heteroatoms. The first-order valence-electron chi connectivity index (χ1n) is 9.46. The number of anilines is 2. The van der Waals surface area contributed by atoms with E-state index in [0.717, 1.165) is 0 Å². The second kappa shape index (κ2) is 10.4. The zero-order valence-electron chi connectivity index (χ0n) is 16.8. The Morgan fingerprint density at radius 2 is 1.72 bits per heavy atom. The van der Waals surface area contributed by atoms with Gasteiger partial charge in [-0.3, -0.25) is 9.10 Å². The molecular weight excluding hydrogens is 454 g/mol. The summed E-state index contributed by atoms with van der Waals surface area (Å²) in [6, 6.07) is 20.2. The van der Waals surface area contributed by atoms with E-state index in [2.05, 4.69) is 11.9 Å². The van der Waals surface area contributed by atoms with Crippen LogP contribution in [0.3, 0.4) is 0 Å². The van der Waals surface area contributed by atoms with Crippen LogP contribution in [0.5, 0.6) is 0 Å². The zero-order valence-corrected chi connectivity index (χ0v) is 18.5. The molecule has 5 nitrogen and oxygen atoms in total. The second-order valence-corrected chi connectivity index (χ2v) is 9.47. The molecule has 0 heterocycles. The fourth-order valence-corrected chi connectivity index (χ4v) is 4.88. The Hall–Kier alpha value is -3.17. The quantitative estimate of drug-likeness (QED) is 0.322. The van der Waals surface area contributed by atoms with Gasteiger partial charge in [-0.15, -0.1) is 6.58 Å². The largest absolute Gasteiger partial charge is 0.322 e. The predicted octanol–water partition coefficient (Wildman–Crippen LogP) is 5.63. The lowest BCUT2D eigenvalue weighted by molar-refractivity contribution is 0.102. The summed E-state index contributed by atoms with van der Waals surface area (Å²) >= 11 is 0.407. The Kier molecular flexibility index (Phi) is 7.66. The lowest BCUT2D eigenvalue weighted by Crippen LogP contribution is -2.31. The molecule has 0 radical (unpaired) electrons. The van der Waals surface area contributed by atoms with Gasteiger partial charge in [-0.25, -0.2) is 8.42 Å². The van der Waals surface area contributed by atoms with Crippen molar-refractivity contribution in [3.05, 3.63) is 97.1 Å². The van der Waals surface area contributed by atoms with Crippen LogP contribution >= 0.6 is 11.8 Å². The number of thioether (sulfide) groups is 1. The maximum atomic E-state index is 13.3. The number of nitrogens with zero attached hydrogens (tertiary/aromatic N) is 1. The van der Waals surface area contributed by atoms with Gasteiger partial charge >= 0.3 is 0 Å². The fraction of sp³-hybridized carbons (Fsp3) is 0.0870. The Morgan fingerprint density at radius 1 is 1.03 bits per heavy atom. The van der Waals surface area contributed by atoms with E-state index < -0.39 is 21.7 Å². The third kappa shape index (κ3) is 5.74. The minimum Gasteiger partial charge on any atom is -0.322 e. The van der Waals surface area contributed by atoms with Crippen LogP contribution in [-0.4, -0.2) is 26.6 Å². The molecule has 0 saturated carbocycles. The summed E-state index contributed by atoms with van der Waals surface area (Å²) in [7, 11) is -3.95. The number of rotatable bonds is 9. The number of benzene rings is 3. The number of alkyl halides is 2. The van der Waals surface area contributed by atoms with Crippen molar-refractivity contribution in [3.8, 4) is 0 Å². The fourth-order valence-electron chi connectivity index (χ4n) is 2.90. The minimum atomic E-state index is -3.95. The Bertz CT molecular complexity index is 1190. The maximum Gasteiger partial charge on any atom is 0.288 e. The van der Waals surface area contributed by atoms with Crippen molar-refractivity contribution in [2.45, 2.75) is 15.5 Å². The highest BCUT2D eigenvalue weighted by Gasteiger charge is 2.25. The monoisotopic (exact) mass is 474 g/mol. The number of halogens is 2. The van der Waals surface area contributed by atoms with Gasteiger partial charge in [0.2, 0.25) is 0 Å². The highest BCUT2D eigenvalue weighted by Crippen LogP contribution is 2.27. The van der Waals surface area contributed by atoms with Gasteiger partial charge in [0.1, 0.15) is 0 Å². The number of para-hydroxylation sites is 1. The summed E-state index contributed by atoms with van der Waals surface area (Å²) in [5.74, 6) is -3.05. The van der Waals surface area contributed by atoms with Crippen molar-refractivity contribution in [1.82, 2.24) is 0 Å². The van der Waals surface area contributed by atoms with E-state index in [1.54, 1.807) is 30.3 Å². The zero-order chi connectivity index (χ0) is 23.1. The van der Waals surface area contributed by atoms with Gasteiger partial charge < -0.3 is 5.32 Å². The molecule has 0 aromatic heterocycles. The van der Waals surface area contributed by atoms with Crippen LogP contribution in [0.1, 0.15) is 10.4 Å². The van der Waals surface area contributed by atoms with Crippen molar-refractivity contribution in [3.63, 3.8) is 0 Å². The van der Waals surface area contributed by atoms with Crippen LogP contribution in [0.4, 0.5) is 20.2 Å². The molecule has 1 N–H and O–H groups in total. The SMILES string of the molecule is C=CCN(c1ccccc1)S(=O)(=O)c1cccc(C(=O)Nc2ccc(SC(F)F)cc2)c1. The van der Waals surface area contributed by atoms with Crippen LogP contribution in [-0.2, 0) is 10.0 Å². The molecule has 0 unspecified atom stereocenters. The molecule has 32 heavy (non-hydrogen) atoms. The molecule has 0 spiro atoms. The van der Waals surface area contributed by atoms with Crippen molar-refractivity contribution < 1.29 is 22.0 Å². The van der Waals surface area contributed by atoms with Crippen LogP contribution in [0.25, 0.3) is 0 Å². The molecule has 0 atom stereocenters. The summed E-state index contributed by atoms with van der Waals surface area (Å²) in [5.41, 5.74) is 1.02. The first-order valence-corrected chi connectivity index (χ1v) is 11.8. The van der Waals surface area contributed by atoms with E-state index in [1.807, 2.05) is 0 Å². The molecule has 0 aliphatic heterocycles. The van der Waals surface area contributed by atoms with E-state index in [4.69, 9.17) is 0 Å². The van der Waals surface area contributed by atoms with Crippen molar-refractivity contribution in [2.75, 3.05) is 16.2 Å². The number of amides is 1. The normalized spacial score (nSPS) is 11.2. The van der Waals surface area contributed by atoms with Gasteiger partial charge in [-0.2, -0.15) is 8.78 Å². The number of carbonyl (C=O) groups is 1. The van der Waals surface area contributed by atoms with Gasteiger partial charge in [-0.1, -0.05) is 42.1 Å². The number of sulfonamides is 1. The average Bonchev–Trinajstić information content (AvgIpc) is 2.79. The summed E-state index contributed by atoms with van der Waals surface area (Å²) in [6.45, 7) is 3.70. The number of nitrogens with one attached hydrogen (secondary N) is 1. The molecular formula is C23H20F2N2O3S2. The summed E-state index contributed by atoms with van der Waals surface area (Å²) in [6.07, 6.45) is 1.48. The maximum absolute atomic E-state index is 13.3. The van der Waals surface area contributed by atoms with E-state index in [-0.39, 0.29) is 17.0 Å². The van der Waals surface area contributed by atoms with E-state index in [1.165, 1.54) is 58.9 Å². The molecule has 3 aromatic carbocycles. The number of hydrogen-bond donors (Lipinski definition) is 1. The van der Waals surface area contributed by atoms with Gasteiger partial charge in [0.15, 0.2) is 0 Å². The van der Waals surface area contributed by atoms with Crippen LogP contribution in [0, 0.1) is 0 Å². The topological polar surface area (TPSA) is 66.5 Å². The Labute approximate surface area is 189 Å². The number of carbonyl (C=O) groups excluding carboxylic acids is 1. The van der Waals surface area contributed by atoms with Gasteiger partial charge in [0, 0.05) is 16.1 Å². The summed E-state index contributed by atoms with van der Waals surface area (Å²) in [5, 5.41) is 2.64. The minimum absolute atomic E-state index is 0.0421. The molecule has 1 amide bonds. The van der Waals surface area contributed by atoms with Gasteiger partial charge in [0.05, 0.1) is 17.1 Å². The highest BCUT2D eigenvalue weighted by molar-refractivity contribution is 7.99. The van der Waals surface area contributed by atoms with Crippen molar-refractivity contribution >= 4 is 39.1 Å². The molecule has 3 aromatic rings. The highest BCUT2D eigenvalue weighted by atomic mass is 32.2. The average molecular weight is 475 g/mol.